The average Bonchev–Trinajstić information content (AvgIpc) is 2.88. The number of aromatic nitrogens is 3. The molecule has 0 fully saturated rings. The minimum atomic E-state index is -0.268. The standard InChI is InChI=1S/C11H10BrClN4O2/c12-7-1-2-9(8(13)3-7)19-5-11(18)14-4-10-15-6-16-17-10/h1-3,6H,4-5H2,(H,14,18)(H,15,16,17). The van der Waals surface area contributed by atoms with E-state index >= 15 is 0 Å². The molecule has 2 aromatic rings. The van der Waals surface area contributed by atoms with E-state index in [0.29, 0.717) is 16.6 Å². The summed E-state index contributed by atoms with van der Waals surface area (Å²) in [5.74, 6) is 0.769. The van der Waals surface area contributed by atoms with Gasteiger partial charge < -0.3 is 10.1 Å². The summed E-state index contributed by atoms with van der Waals surface area (Å²) in [4.78, 5) is 15.4. The number of nitrogens with zero attached hydrogens (tertiary/aromatic N) is 2. The lowest BCUT2D eigenvalue weighted by atomic mass is 10.3. The molecule has 0 unspecified atom stereocenters. The molecule has 0 spiro atoms. The fraction of sp³-hybridized carbons (Fsp3) is 0.182. The van der Waals surface area contributed by atoms with E-state index in [1.165, 1.54) is 6.33 Å². The number of ether oxygens (including phenoxy) is 1. The Balaban J connectivity index is 1.80. The van der Waals surface area contributed by atoms with Crippen molar-refractivity contribution in [3.05, 3.63) is 39.8 Å². The number of carbonyl (C=O) groups excluding carboxylic acids is 1. The summed E-state index contributed by atoms with van der Waals surface area (Å²) < 4.78 is 6.16. The van der Waals surface area contributed by atoms with Crippen molar-refractivity contribution in [3.63, 3.8) is 0 Å². The third-order valence-corrected chi connectivity index (χ3v) is 2.96. The van der Waals surface area contributed by atoms with Crippen molar-refractivity contribution < 1.29 is 9.53 Å². The van der Waals surface area contributed by atoms with E-state index in [1.54, 1.807) is 18.2 Å². The number of nitrogens with one attached hydrogen (secondary N) is 2. The van der Waals surface area contributed by atoms with Crippen molar-refractivity contribution in [3.8, 4) is 5.75 Å². The molecule has 0 saturated heterocycles. The predicted molar refractivity (Wildman–Crippen MR) is 72.9 cm³/mol. The maximum absolute atomic E-state index is 11.5. The minimum Gasteiger partial charge on any atom is -0.482 e. The van der Waals surface area contributed by atoms with Crippen molar-refractivity contribution >= 4 is 33.4 Å². The van der Waals surface area contributed by atoms with Gasteiger partial charge >= 0.3 is 0 Å². The lowest BCUT2D eigenvalue weighted by molar-refractivity contribution is -0.123. The van der Waals surface area contributed by atoms with Gasteiger partial charge in [0.05, 0.1) is 11.6 Å². The van der Waals surface area contributed by atoms with Crippen molar-refractivity contribution in [1.29, 1.82) is 0 Å². The molecular formula is C11H10BrClN4O2. The highest BCUT2D eigenvalue weighted by Crippen LogP contribution is 2.27. The second kappa shape index (κ2) is 6.53. The Bertz CT molecular complexity index is 562. The lowest BCUT2D eigenvalue weighted by Gasteiger charge is -2.08. The highest BCUT2D eigenvalue weighted by molar-refractivity contribution is 9.10. The van der Waals surface area contributed by atoms with Crippen molar-refractivity contribution in [2.24, 2.45) is 0 Å². The number of H-pyrrole nitrogens is 1. The number of aromatic amines is 1. The van der Waals surface area contributed by atoms with Crippen LogP contribution < -0.4 is 10.1 Å². The normalized spacial score (nSPS) is 10.2. The minimum absolute atomic E-state index is 0.116. The number of hydrogen-bond acceptors (Lipinski definition) is 4. The highest BCUT2D eigenvalue weighted by atomic mass is 79.9. The molecule has 0 aliphatic heterocycles. The second-order valence-corrected chi connectivity index (χ2v) is 4.90. The zero-order chi connectivity index (χ0) is 13.7. The van der Waals surface area contributed by atoms with Crippen LogP contribution in [-0.4, -0.2) is 27.7 Å². The molecule has 6 nitrogen and oxygen atoms in total. The van der Waals surface area contributed by atoms with Gasteiger partial charge in [-0.05, 0) is 18.2 Å². The van der Waals surface area contributed by atoms with Crippen LogP contribution >= 0.6 is 27.5 Å². The molecule has 2 rings (SSSR count). The van der Waals surface area contributed by atoms with Crippen LogP contribution in [0.3, 0.4) is 0 Å². The molecule has 0 aliphatic carbocycles. The average molecular weight is 346 g/mol. The van der Waals surface area contributed by atoms with Gasteiger partial charge in [-0.2, -0.15) is 5.10 Å². The van der Waals surface area contributed by atoms with Gasteiger partial charge in [-0.1, -0.05) is 27.5 Å². The van der Waals surface area contributed by atoms with Gasteiger partial charge in [-0.25, -0.2) is 4.98 Å². The number of halogens is 2. The second-order valence-electron chi connectivity index (χ2n) is 3.57. The third-order valence-electron chi connectivity index (χ3n) is 2.17. The molecule has 1 amide bonds. The summed E-state index contributed by atoms with van der Waals surface area (Å²) in [7, 11) is 0. The molecule has 1 aromatic carbocycles. The molecule has 0 bridgehead atoms. The maximum Gasteiger partial charge on any atom is 0.258 e. The molecule has 19 heavy (non-hydrogen) atoms. The summed E-state index contributed by atoms with van der Waals surface area (Å²) in [6, 6.07) is 5.17. The third kappa shape index (κ3) is 4.22. The van der Waals surface area contributed by atoms with Gasteiger partial charge in [-0.3, -0.25) is 9.89 Å². The Morgan fingerprint density at radius 2 is 2.37 bits per heavy atom. The molecule has 0 atom stereocenters. The summed E-state index contributed by atoms with van der Waals surface area (Å²) in [6.45, 7) is 0.158. The summed E-state index contributed by atoms with van der Waals surface area (Å²) in [6.07, 6.45) is 1.37. The molecule has 1 heterocycles. The van der Waals surface area contributed by atoms with Crippen LogP contribution in [0.5, 0.6) is 5.75 Å². The Morgan fingerprint density at radius 3 is 3.05 bits per heavy atom. The van der Waals surface area contributed by atoms with Crippen molar-refractivity contribution in [1.82, 2.24) is 20.5 Å². The van der Waals surface area contributed by atoms with Gasteiger partial charge in [-0.15, -0.1) is 0 Å². The summed E-state index contributed by atoms with van der Waals surface area (Å²) in [5, 5.41) is 9.39. The molecule has 1 aromatic heterocycles. The molecule has 0 radical (unpaired) electrons. The van der Waals surface area contributed by atoms with E-state index in [4.69, 9.17) is 16.3 Å². The SMILES string of the molecule is O=C(COc1ccc(Br)cc1Cl)NCc1ncn[nH]1. The number of carbonyl (C=O) groups is 1. The number of rotatable bonds is 5. The van der Waals surface area contributed by atoms with Crippen LogP contribution in [0.4, 0.5) is 0 Å². The summed E-state index contributed by atoms with van der Waals surface area (Å²) in [5.41, 5.74) is 0. The Morgan fingerprint density at radius 1 is 1.53 bits per heavy atom. The molecule has 100 valence electrons. The fourth-order valence-corrected chi connectivity index (χ4v) is 2.01. The van der Waals surface area contributed by atoms with Crippen molar-refractivity contribution in [2.45, 2.75) is 6.54 Å². The first kappa shape index (κ1) is 13.8. The molecule has 2 N–H and O–H groups in total. The Hall–Kier alpha value is -1.60. The van der Waals surface area contributed by atoms with Crippen LogP contribution in [0.1, 0.15) is 5.82 Å². The van der Waals surface area contributed by atoms with E-state index < -0.39 is 0 Å². The largest absolute Gasteiger partial charge is 0.482 e. The van der Waals surface area contributed by atoms with Crippen LogP contribution in [-0.2, 0) is 11.3 Å². The van der Waals surface area contributed by atoms with E-state index in [1.807, 2.05) is 0 Å². The Labute approximate surface area is 122 Å². The molecule has 8 heteroatoms. The van der Waals surface area contributed by atoms with E-state index in [2.05, 4.69) is 36.4 Å². The predicted octanol–water partition coefficient (Wildman–Crippen LogP) is 1.92. The zero-order valence-electron chi connectivity index (χ0n) is 9.69. The van der Waals surface area contributed by atoms with Gasteiger partial charge in [0.1, 0.15) is 17.9 Å². The summed E-state index contributed by atoms with van der Waals surface area (Å²) >= 11 is 9.25. The van der Waals surface area contributed by atoms with E-state index in [-0.39, 0.29) is 19.1 Å². The van der Waals surface area contributed by atoms with Crippen LogP contribution in [0, 0.1) is 0 Å². The van der Waals surface area contributed by atoms with Gasteiger partial charge in [0.25, 0.3) is 5.91 Å². The fourth-order valence-electron chi connectivity index (χ4n) is 1.28. The van der Waals surface area contributed by atoms with Gasteiger partial charge in [0, 0.05) is 4.47 Å². The molecule has 0 aliphatic rings. The molecular weight excluding hydrogens is 336 g/mol. The first-order valence-corrected chi connectivity index (χ1v) is 6.51. The first-order valence-electron chi connectivity index (χ1n) is 5.34. The maximum atomic E-state index is 11.5. The van der Waals surface area contributed by atoms with Gasteiger partial charge in [0.2, 0.25) is 0 Å². The quantitative estimate of drug-likeness (QED) is 0.867. The smallest absolute Gasteiger partial charge is 0.258 e. The lowest BCUT2D eigenvalue weighted by Crippen LogP contribution is -2.28. The zero-order valence-corrected chi connectivity index (χ0v) is 12.0. The molecule has 0 saturated carbocycles. The van der Waals surface area contributed by atoms with Crippen LogP contribution in [0.2, 0.25) is 5.02 Å². The number of amides is 1. The first-order chi connectivity index (χ1) is 9.15. The van der Waals surface area contributed by atoms with E-state index in [0.717, 1.165) is 4.47 Å². The van der Waals surface area contributed by atoms with E-state index in [9.17, 15) is 4.79 Å². The topological polar surface area (TPSA) is 79.9 Å². The van der Waals surface area contributed by atoms with Crippen LogP contribution in [0.25, 0.3) is 0 Å². The Kier molecular flexibility index (Phi) is 4.75. The van der Waals surface area contributed by atoms with Gasteiger partial charge in [0.15, 0.2) is 6.61 Å². The number of hydrogen-bond donors (Lipinski definition) is 2. The van der Waals surface area contributed by atoms with Crippen molar-refractivity contribution in [2.75, 3.05) is 6.61 Å². The number of benzene rings is 1. The van der Waals surface area contributed by atoms with Crippen LogP contribution in [0.15, 0.2) is 29.0 Å². The monoisotopic (exact) mass is 344 g/mol. The highest BCUT2D eigenvalue weighted by Gasteiger charge is 2.06.